The van der Waals surface area contributed by atoms with Crippen LogP contribution in [0.5, 0.6) is 0 Å². The molecule has 432 valence electrons. The monoisotopic (exact) mass is 1160 g/mol. The van der Waals surface area contributed by atoms with Gasteiger partial charge in [-0.15, -0.1) is 0 Å². The molecule has 0 aliphatic heterocycles. The summed E-state index contributed by atoms with van der Waals surface area (Å²) in [6, 6.07) is 108. The van der Waals surface area contributed by atoms with Crippen molar-refractivity contribution in [1.82, 2.24) is 19.9 Å². The molecular weight excluding hydrogens is 1090 g/mol. The topological polar surface area (TPSA) is 51.6 Å². The Balaban J connectivity index is 0.000000173. The summed E-state index contributed by atoms with van der Waals surface area (Å²) in [6.07, 6.45) is 0. The third kappa shape index (κ3) is 13.5. The Hall–Kier alpha value is -11.2. The van der Waals surface area contributed by atoms with Crippen LogP contribution in [0.25, 0.3) is 135 Å². The highest BCUT2D eigenvalue weighted by molar-refractivity contribution is 5.86. The van der Waals surface area contributed by atoms with Gasteiger partial charge in [0.15, 0.2) is 11.6 Å². The summed E-state index contributed by atoms with van der Waals surface area (Å²) in [5, 5.41) is 0. The van der Waals surface area contributed by atoms with Gasteiger partial charge < -0.3 is 0 Å². The van der Waals surface area contributed by atoms with Crippen molar-refractivity contribution in [3.05, 3.63) is 337 Å². The summed E-state index contributed by atoms with van der Waals surface area (Å²) in [7, 11) is 0. The maximum Gasteiger partial charge on any atom is 0.160 e. The predicted molar refractivity (Wildman–Crippen MR) is 378 cm³/mol. The van der Waals surface area contributed by atoms with Crippen molar-refractivity contribution < 1.29 is 0 Å². The van der Waals surface area contributed by atoms with Crippen molar-refractivity contribution in [2.75, 3.05) is 0 Å². The van der Waals surface area contributed by atoms with Crippen molar-refractivity contribution in [3.63, 3.8) is 0 Å². The molecule has 4 heteroatoms. The molecule has 2 aromatic heterocycles. The van der Waals surface area contributed by atoms with E-state index >= 15 is 0 Å². The van der Waals surface area contributed by atoms with Gasteiger partial charge in [-0.3, -0.25) is 0 Å². The molecule has 4 nitrogen and oxygen atoms in total. The molecule has 12 aromatic carbocycles. The first-order valence-corrected chi connectivity index (χ1v) is 30.8. The van der Waals surface area contributed by atoms with Gasteiger partial charge in [0.1, 0.15) is 0 Å². The van der Waals surface area contributed by atoms with Gasteiger partial charge in [-0.2, -0.15) is 0 Å². The molecule has 0 aliphatic rings. The number of rotatable bonds is 12. The fourth-order valence-corrected chi connectivity index (χ4v) is 11.6. The highest BCUT2D eigenvalue weighted by Crippen LogP contribution is 2.39. The first-order valence-electron chi connectivity index (χ1n) is 30.8. The quantitative estimate of drug-likeness (QED) is 0.122. The third-order valence-electron chi connectivity index (χ3n) is 16.4. The molecule has 14 aromatic rings. The lowest BCUT2D eigenvalue weighted by molar-refractivity contribution is 1.18. The SMILES string of the molecule is Cc1ccc(-c2cc(-c3ccc(C)cc3)cc(-c3cc(-c4ccccc4)nc(-c4ccccc4)n3)c2)cc1.Cc1cccc(-c2cc(-c3cccc(C)c3)cc(-c3cc(-c4cc(-c5cccc(C)c5)cc(-c5cccc(C)c5)c4)nc(-c4ccccc4)n3)c2)c1. The van der Waals surface area contributed by atoms with Gasteiger partial charge in [0.2, 0.25) is 0 Å². The van der Waals surface area contributed by atoms with Crippen LogP contribution in [0.3, 0.4) is 0 Å². The standard InChI is InChI=1S/C50H40N2.C36H28N2/c1-33-12-8-18-38(22-33)42-26-43(39-19-9-13-34(2)23-39)29-46(28-42)48-32-49(52-50(51-48)37-16-6-5-7-17-37)47-30-44(40-20-10-14-35(3)24-40)27-45(31-47)41-21-11-15-36(4)25-41;1-25-13-17-27(18-14-25)31-21-32(28-19-15-26(2)16-20-28)23-33(22-31)35-24-34(29-9-5-3-6-10-29)37-36(38-35)30-11-7-4-8-12-30/h5-32H,1-4H3;3-24H,1-2H3. The number of hydrogen-bond donors (Lipinski definition) is 0. The Bertz CT molecular complexity index is 4450. The molecule has 0 atom stereocenters. The molecule has 0 bridgehead atoms. The number of aryl methyl sites for hydroxylation is 6. The van der Waals surface area contributed by atoms with Gasteiger partial charge in [0, 0.05) is 33.4 Å². The van der Waals surface area contributed by atoms with E-state index in [0.29, 0.717) is 5.82 Å². The van der Waals surface area contributed by atoms with Crippen LogP contribution in [-0.4, -0.2) is 19.9 Å². The van der Waals surface area contributed by atoms with Crippen LogP contribution in [0.15, 0.2) is 303 Å². The van der Waals surface area contributed by atoms with Crippen LogP contribution >= 0.6 is 0 Å². The lowest BCUT2D eigenvalue weighted by atomic mass is 9.92. The fourth-order valence-electron chi connectivity index (χ4n) is 11.6. The summed E-state index contributed by atoms with van der Waals surface area (Å²) in [4.78, 5) is 20.6. The summed E-state index contributed by atoms with van der Waals surface area (Å²) in [5.74, 6) is 1.42. The molecule has 0 saturated carbocycles. The minimum absolute atomic E-state index is 0.698. The fraction of sp³-hybridized carbons (Fsp3) is 0.0698. The van der Waals surface area contributed by atoms with Crippen LogP contribution < -0.4 is 0 Å². The molecule has 0 N–H and O–H groups in total. The molecule has 14 rings (SSSR count). The van der Waals surface area contributed by atoms with E-state index in [-0.39, 0.29) is 0 Å². The minimum atomic E-state index is 0.698. The normalized spacial score (nSPS) is 11.0. The number of nitrogens with zero attached hydrogens (tertiary/aromatic N) is 4. The van der Waals surface area contributed by atoms with Gasteiger partial charge in [0.25, 0.3) is 0 Å². The van der Waals surface area contributed by atoms with Gasteiger partial charge in [-0.1, -0.05) is 270 Å². The average Bonchev–Trinajstić information content (AvgIpc) is 0.899. The minimum Gasteiger partial charge on any atom is -0.228 e. The van der Waals surface area contributed by atoms with Crippen LogP contribution in [0.4, 0.5) is 0 Å². The lowest BCUT2D eigenvalue weighted by Gasteiger charge is -2.15. The Kier molecular flexibility index (Phi) is 16.7. The largest absolute Gasteiger partial charge is 0.228 e. The highest BCUT2D eigenvalue weighted by atomic mass is 14.9. The van der Waals surface area contributed by atoms with Crippen molar-refractivity contribution in [2.24, 2.45) is 0 Å². The number of aromatic nitrogens is 4. The van der Waals surface area contributed by atoms with Gasteiger partial charge in [0.05, 0.1) is 22.8 Å². The van der Waals surface area contributed by atoms with Gasteiger partial charge >= 0.3 is 0 Å². The third-order valence-corrected chi connectivity index (χ3v) is 16.4. The highest BCUT2D eigenvalue weighted by Gasteiger charge is 2.18. The first-order chi connectivity index (χ1) is 44.0. The van der Waals surface area contributed by atoms with E-state index < -0.39 is 0 Å². The van der Waals surface area contributed by atoms with E-state index in [1.165, 1.54) is 77.9 Å². The maximum atomic E-state index is 5.28. The zero-order valence-corrected chi connectivity index (χ0v) is 51.7. The second kappa shape index (κ2) is 26.0. The van der Waals surface area contributed by atoms with E-state index in [0.717, 1.165) is 84.2 Å². The summed E-state index contributed by atoms with van der Waals surface area (Å²) >= 11 is 0. The predicted octanol–water partition coefficient (Wildman–Crippen LogP) is 22.8. The Morgan fingerprint density at radius 3 is 0.656 bits per heavy atom. The number of hydrogen-bond acceptors (Lipinski definition) is 4. The van der Waals surface area contributed by atoms with E-state index in [9.17, 15) is 0 Å². The maximum absolute atomic E-state index is 5.28. The molecule has 2 heterocycles. The molecule has 0 aliphatic carbocycles. The molecule has 0 amide bonds. The lowest BCUT2D eigenvalue weighted by Crippen LogP contribution is -1.97. The molecule has 0 fully saturated rings. The summed E-state index contributed by atoms with van der Waals surface area (Å²) < 4.78 is 0. The van der Waals surface area contributed by atoms with Crippen molar-refractivity contribution in [1.29, 1.82) is 0 Å². The summed E-state index contributed by atoms with van der Waals surface area (Å²) in [6.45, 7) is 12.8. The van der Waals surface area contributed by atoms with Gasteiger partial charge in [-0.25, -0.2) is 19.9 Å². The Labute approximate surface area is 529 Å². The zero-order chi connectivity index (χ0) is 61.5. The van der Waals surface area contributed by atoms with E-state index in [1.807, 2.05) is 54.6 Å². The Morgan fingerprint density at radius 2 is 0.378 bits per heavy atom. The smallest absolute Gasteiger partial charge is 0.160 e. The first kappa shape index (κ1) is 57.9. The molecule has 0 unspecified atom stereocenters. The Morgan fingerprint density at radius 1 is 0.144 bits per heavy atom. The van der Waals surface area contributed by atoms with Crippen molar-refractivity contribution >= 4 is 0 Å². The number of benzene rings is 12. The zero-order valence-electron chi connectivity index (χ0n) is 51.7. The molecule has 0 spiro atoms. The molecule has 90 heavy (non-hydrogen) atoms. The van der Waals surface area contributed by atoms with Crippen molar-refractivity contribution in [3.8, 4) is 135 Å². The van der Waals surface area contributed by atoms with E-state index in [2.05, 4.69) is 290 Å². The van der Waals surface area contributed by atoms with E-state index in [1.54, 1.807) is 0 Å². The van der Waals surface area contributed by atoms with Crippen LogP contribution in [0.2, 0.25) is 0 Å². The van der Waals surface area contributed by atoms with Crippen LogP contribution in [-0.2, 0) is 0 Å². The second-order valence-corrected chi connectivity index (χ2v) is 23.6. The van der Waals surface area contributed by atoms with Crippen LogP contribution in [0.1, 0.15) is 33.4 Å². The van der Waals surface area contributed by atoms with Crippen molar-refractivity contribution in [2.45, 2.75) is 41.5 Å². The van der Waals surface area contributed by atoms with E-state index in [4.69, 9.17) is 19.9 Å². The second-order valence-electron chi connectivity index (χ2n) is 23.6. The van der Waals surface area contributed by atoms with Crippen LogP contribution in [0, 0.1) is 41.5 Å². The molecule has 0 saturated heterocycles. The average molecular weight is 1160 g/mol. The molecular formula is C86H68N4. The summed E-state index contributed by atoms with van der Waals surface area (Å²) in [5.41, 5.74) is 31.3. The van der Waals surface area contributed by atoms with Gasteiger partial charge in [-0.05, 0) is 175 Å². The molecule has 0 radical (unpaired) electrons.